The summed E-state index contributed by atoms with van der Waals surface area (Å²) in [6, 6.07) is 4.45. The fourth-order valence-corrected chi connectivity index (χ4v) is 2.64. The number of halogens is 1. The number of hydrogen-bond donors (Lipinski definition) is 0. The Morgan fingerprint density at radius 1 is 1.59 bits per heavy atom. The minimum atomic E-state index is 0.567. The van der Waals surface area contributed by atoms with Crippen LogP contribution in [0.1, 0.15) is 25.7 Å². The number of anilines is 1. The molecule has 0 aromatic carbocycles. The first-order chi connectivity index (χ1) is 8.36. The third kappa shape index (κ3) is 2.83. The van der Waals surface area contributed by atoms with Gasteiger partial charge in [0.05, 0.1) is 7.11 Å². The summed E-state index contributed by atoms with van der Waals surface area (Å²) >= 11 is 5.77. The molecule has 0 radical (unpaired) electrons. The maximum atomic E-state index is 5.77. The van der Waals surface area contributed by atoms with Crippen molar-refractivity contribution >= 4 is 17.4 Å². The van der Waals surface area contributed by atoms with E-state index in [1.54, 1.807) is 7.11 Å². The molecule has 1 aromatic rings. The number of hydrogen-bond acceptors (Lipinski definition) is 3. The van der Waals surface area contributed by atoms with Gasteiger partial charge < -0.3 is 9.64 Å². The number of alkyl halides is 1. The van der Waals surface area contributed by atoms with E-state index in [2.05, 4.69) is 9.88 Å². The predicted octanol–water partition coefficient (Wildman–Crippen LogP) is 3.08. The van der Waals surface area contributed by atoms with E-state index in [1.165, 1.54) is 12.8 Å². The first-order valence-corrected chi connectivity index (χ1v) is 6.72. The SMILES string of the molecule is COc1cccnc1N1CCCC1CCCCl. The Kier molecular flexibility index (Phi) is 4.49. The standard InChI is InChI=1S/C13H19ClN2O/c1-17-12-7-3-9-15-13(12)16-10-4-6-11(16)5-2-8-14/h3,7,9,11H,2,4-6,8,10H2,1H3. The topological polar surface area (TPSA) is 25.4 Å². The van der Waals surface area contributed by atoms with Crippen molar-refractivity contribution in [1.82, 2.24) is 4.98 Å². The summed E-state index contributed by atoms with van der Waals surface area (Å²) < 4.78 is 5.38. The van der Waals surface area contributed by atoms with Gasteiger partial charge in [-0.2, -0.15) is 0 Å². The second-order valence-corrected chi connectivity index (χ2v) is 4.73. The molecular weight excluding hydrogens is 236 g/mol. The van der Waals surface area contributed by atoms with Gasteiger partial charge in [-0.1, -0.05) is 0 Å². The Balaban J connectivity index is 2.14. The van der Waals surface area contributed by atoms with E-state index in [-0.39, 0.29) is 0 Å². The number of aromatic nitrogens is 1. The van der Waals surface area contributed by atoms with Crippen molar-refractivity contribution in [3.8, 4) is 5.75 Å². The van der Waals surface area contributed by atoms with E-state index >= 15 is 0 Å². The van der Waals surface area contributed by atoms with Crippen LogP contribution in [0.15, 0.2) is 18.3 Å². The number of pyridine rings is 1. The summed E-state index contributed by atoms with van der Waals surface area (Å²) in [4.78, 5) is 6.82. The molecule has 2 heterocycles. The molecule has 0 N–H and O–H groups in total. The lowest BCUT2D eigenvalue weighted by Crippen LogP contribution is -2.30. The van der Waals surface area contributed by atoms with Gasteiger partial charge in [-0.05, 0) is 37.8 Å². The summed E-state index contributed by atoms with van der Waals surface area (Å²) in [5, 5.41) is 0. The van der Waals surface area contributed by atoms with Crippen molar-refractivity contribution in [2.24, 2.45) is 0 Å². The van der Waals surface area contributed by atoms with Gasteiger partial charge in [-0.25, -0.2) is 4.98 Å². The van der Waals surface area contributed by atoms with Crippen LogP contribution in [-0.2, 0) is 0 Å². The van der Waals surface area contributed by atoms with Gasteiger partial charge in [0.1, 0.15) is 0 Å². The molecule has 0 amide bonds. The predicted molar refractivity (Wildman–Crippen MR) is 71.1 cm³/mol. The van der Waals surface area contributed by atoms with Crippen LogP contribution in [0.5, 0.6) is 5.75 Å². The van der Waals surface area contributed by atoms with Crippen molar-refractivity contribution in [2.45, 2.75) is 31.7 Å². The monoisotopic (exact) mass is 254 g/mol. The van der Waals surface area contributed by atoms with E-state index in [1.807, 2.05) is 18.3 Å². The lowest BCUT2D eigenvalue weighted by atomic mass is 10.1. The van der Waals surface area contributed by atoms with Crippen molar-refractivity contribution in [2.75, 3.05) is 24.4 Å². The Labute approximate surface area is 108 Å². The van der Waals surface area contributed by atoms with Crippen LogP contribution < -0.4 is 9.64 Å². The molecule has 3 nitrogen and oxygen atoms in total. The summed E-state index contributed by atoms with van der Waals surface area (Å²) in [5.41, 5.74) is 0. The van der Waals surface area contributed by atoms with E-state index in [9.17, 15) is 0 Å². The first-order valence-electron chi connectivity index (χ1n) is 6.18. The number of methoxy groups -OCH3 is 1. The van der Waals surface area contributed by atoms with E-state index in [4.69, 9.17) is 16.3 Å². The van der Waals surface area contributed by atoms with Crippen molar-refractivity contribution in [3.05, 3.63) is 18.3 Å². The summed E-state index contributed by atoms with van der Waals surface area (Å²) in [6.45, 7) is 1.07. The molecular formula is C13H19ClN2O. The molecule has 94 valence electrons. The van der Waals surface area contributed by atoms with Crippen molar-refractivity contribution in [1.29, 1.82) is 0 Å². The van der Waals surface area contributed by atoms with E-state index < -0.39 is 0 Å². The molecule has 4 heteroatoms. The third-order valence-corrected chi connectivity index (χ3v) is 3.56. The zero-order chi connectivity index (χ0) is 12.1. The van der Waals surface area contributed by atoms with Gasteiger partial charge >= 0.3 is 0 Å². The zero-order valence-electron chi connectivity index (χ0n) is 10.2. The minimum absolute atomic E-state index is 0.567. The van der Waals surface area contributed by atoms with Gasteiger partial charge in [0.2, 0.25) is 0 Å². The molecule has 1 aliphatic rings. The smallest absolute Gasteiger partial charge is 0.171 e. The molecule has 1 aromatic heterocycles. The summed E-state index contributed by atoms with van der Waals surface area (Å²) in [5.74, 6) is 2.58. The molecule has 0 aliphatic carbocycles. The van der Waals surface area contributed by atoms with Gasteiger partial charge in [-0.15, -0.1) is 11.6 Å². The second-order valence-electron chi connectivity index (χ2n) is 4.35. The molecule has 1 fully saturated rings. The van der Waals surface area contributed by atoms with Crippen LogP contribution in [0.2, 0.25) is 0 Å². The molecule has 17 heavy (non-hydrogen) atoms. The van der Waals surface area contributed by atoms with Crippen molar-refractivity contribution in [3.63, 3.8) is 0 Å². The van der Waals surface area contributed by atoms with Crippen LogP contribution >= 0.6 is 11.6 Å². The van der Waals surface area contributed by atoms with E-state index in [0.29, 0.717) is 6.04 Å². The number of ether oxygens (including phenoxy) is 1. The lowest BCUT2D eigenvalue weighted by molar-refractivity contribution is 0.411. The lowest BCUT2D eigenvalue weighted by Gasteiger charge is -2.26. The fraction of sp³-hybridized carbons (Fsp3) is 0.615. The zero-order valence-corrected chi connectivity index (χ0v) is 11.0. The maximum absolute atomic E-state index is 5.77. The van der Waals surface area contributed by atoms with Gasteiger partial charge in [-0.3, -0.25) is 0 Å². The molecule has 1 unspecified atom stereocenters. The second kappa shape index (κ2) is 6.10. The van der Waals surface area contributed by atoms with Gasteiger partial charge in [0, 0.05) is 24.7 Å². The quantitative estimate of drug-likeness (QED) is 0.755. The summed E-state index contributed by atoms with van der Waals surface area (Å²) in [7, 11) is 1.70. The van der Waals surface area contributed by atoms with Crippen LogP contribution in [0.3, 0.4) is 0 Å². The maximum Gasteiger partial charge on any atom is 0.171 e. The molecule has 0 spiro atoms. The highest BCUT2D eigenvalue weighted by molar-refractivity contribution is 6.17. The van der Waals surface area contributed by atoms with Gasteiger partial charge in [0.25, 0.3) is 0 Å². The highest BCUT2D eigenvalue weighted by Gasteiger charge is 2.27. The average Bonchev–Trinajstić information content (AvgIpc) is 2.84. The highest BCUT2D eigenvalue weighted by atomic mass is 35.5. The van der Waals surface area contributed by atoms with Crippen LogP contribution in [0, 0.1) is 0 Å². The average molecular weight is 255 g/mol. The summed E-state index contributed by atoms with van der Waals surface area (Å²) in [6.07, 6.45) is 6.50. The fourth-order valence-electron chi connectivity index (χ4n) is 2.48. The van der Waals surface area contributed by atoms with Crippen LogP contribution in [0.4, 0.5) is 5.82 Å². The molecule has 2 rings (SSSR count). The minimum Gasteiger partial charge on any atom is -0.493 e. The van der Waals surface area contributed by atoms with Gasteiger partial charge in [0.15, 0.2) is 11.6 Å². The number of nitrogens with zero attached hydrogens (tertiary/aromatic N) is 2. The van der Waals surface area contributed by atoms with E-state index in [0.717, 1.165) is 36.8 Å². The molecule has 0 bridgehead atoms. The Morgan fingerprint density at radius 2 is 2.47 bits per heavy atom. The molecule has 1 saturated heterocycles. The first kappa shape index (κ1) is 12.5. The molecule has 1 aliphatic heterocycles. The normalized spacial score (nSPS) is 19.6. The Bertz CT molecular complexity index is 359. The largest absolute Gasteiger partial charge is 0.493 e. The molecule has 0 saturated carbocycles. The Hall–Kier alpha value is -0.960. The van der Waals surface area contributed by atoms with Crippen LogP contribution in [-0.4, -0.2) is 30.6 Å². The van der Waals surface area contributed by atoms with Crippen LogP contribution in [0.25, 0.3) is 0 Å². The Morgan fingerprint density at radius 3 is 3.24 bits per heavy atom. The highest BCUT2D eigenvalue weighted by Crippen LogP contribution is 2.32. The van der Waals surface area contributed by atoms with Crippen molar-refractivity contribution < 1.29 is 4.74 Å². The third-order valence-electron chi connectivity index (χ3n) is 3.29. The number of rotatable bonds is 5. The molecule has 1 atom stereocenters.